The lowest BCUT2D eigenvalue weighted by atomic mass is 10.0. The molecule has 0 aliphatic carbocycles. The van der Waals surface area contributed by atoms with Gasteiger partial charge in [0, 0.05) is 30.3 Å². The van der Waals surface area contributed by atoms with Gasteiger partial charge in [-0.1, -0.05) is 17.7 Å². The molecule has 2 aliphatic heterocycles. The number of hydrogen-bond acceptors (Lipinski definition) is 6. The summed E-state index contributed by atoms with van der Waals surface area (Å²) >= 11 is 5.77. The van der Waals surface area contributed by atoms with Crippen LogP contribution < -0.4 is 4.74 Å². The van der Waals surface area contributed by atoms with Crippen LogP contribution in [-0.2, 0) is 43.6 Å². The Morgan fingerprint density at radius 1 is 1.17 bits per heavy atom. The second-order valence-corrected chi connectivity index (χ2v) is 10.8. The van der Waals surface area contributed by atoms with Crippen molar-refractivity contribution < 1.29 is 36.9 Å². The maximum absolute atomic E-state index is 14.2. The van der Waals surface area contributed by atoms with Crippen molar-refractivity contribution in [1.82, 2.24) is 19.4 Å². The van der Waals surface area contributed by atoms with Gasteiger partial charge in [0.05, 0.1) is 41.5 Å². The van der Waals surface area contributed by atoms with E-state index < -0.39 is 36.0 Å². The second-order valence-electron chi connectivity index (χ2n) is 10.4. The van der Waals surface area contributed by atoms with Gasteiger partial charge in [-0.3, -0.25) is 4.90 Å². The fourth-order valence-electron chi connectivity index (χ4n) is 5.20. The minimum Gasteiger partial charge on any atom is -0.478 e. The van der Waals surface area contributed by atoms with Gasteiger partial charge in [0.25, 0.3) is 0 Å². The molecule has 8 nitrogen and oxygen atoms in total. The quantitative estimate of drug-likeness (QED) is 0.252. The van der Waals surface area contributed by atoms with Gasteiger partial charge >= 0.3 is 12.1 Å². The van der Waals surface area contributed by atoms with Gasteiger partial charge in [0.2, 0.25) is 5.88 Å². The number of carboxylic acid groups (broad SMARTS) is 1. The van der Waals surface area contributed by atoms with E-state index in [0.717, 1.165) is 24.1 Å². The van der Waals surface area contributed by atoms with Crippen molar-refractivity contribution >= 4 is 28.6 Å². The number of aromatic nitrogens is 3. The number of carbonyl (C=O) groups is 1. The van der Waals surface area contributed by atoms with E-state index in [9.17, 15) is 27.5 Å². The predicted octanol–water partition coefficient (Wildman–Crippen LogP) is 5.87. The first kappa shape index (κ1) is 28.4. The van der Waals surface area contributed by atoms with E-state index in [4.69, 9.17) is 26.1 Å². The van der Waals surface area contributed by atoms with Crippen molar-refractivity contribution in [2.45, 2.75) is 51.4 Å². The number of carboxylic acids is 1. The third-order valence-electron chi connectivity index (χ3n) is 7.53. The molecule has 4 aromatic rings. The summed E-state index contributed by atoms with van der Waals surface area (Å²) in [5.74, 6) is -1.67. The average Bonchev–Trinajstić information content (AvgIpc) is 3.24. The molecule has 0 saturated carbocycles. The Balaban J connectivity index is 1.27. The first-order valence-electron chi connectivity index (χ1n) is 13.3. The number of halogens is 5. The molecule has 1 saturated heterocycles. The number of hydrogen-bond donors (Lipinski definition) is 1. The van der Waals surface area contributed by atoms with Gasteiger partial charge in [-0.2, -0.15) is 13.2 Å². The lowest BCUT2D eigenvalue weighted by Crippen LogP contribution is -2.34. The Hall–Kier alpha value is -3.74. The molecule has 0 spiro atoms. The van der Waals surface area contributed by atoms with Crippen LogP contribution in [0.25, 0.3) is 11.0 Å². The molecule has 4 heterocycles. The van der Waals surface area contributed by atoms with Crippen LogP contribution in [0.2, 0.25) is 5.02 Å². The maximum atomic E-state index is 14.2. The molecule has 0 amide bonds. The molecular weight excluding hydrogens is 580 g/mol. The molecule has 2 aromatic carbocycles. The van der Waals surface area contributed by atoms with Crippen molar-refractivity contribution in [2.24, 2.45) is 0 Å². The average molecular weight is 605 g/mol. The summed E-state index contributed by atoms with van der Waals surface area (Å²) in [7, 11) is 0. The standard InChI is InChI=1S/C29H25ClF4N4O4/c30-19-3-1-18(22(31)11-19)15-42-27-21(29(32,33)34)9-16-5-7-37(13-24(16)36-27)14-26-35-23-10-17(28(39)40)2-4-25(23)38(26)12-20-6-8-41-20/h1-4,9-11,20H,5-8,12-15H2,(H,39,40)/t20-/m0/s1. The Morgan fingerprint density at radius 3 is 2.67 bits per heavy atom. The van der Waals surface area contributed by atoms with Crippen LogP contribution in [0.15, 0.2) is 42.5 Å². The molecule has 0 unspecified atom stereocenters. The first-order valence-corrected chi connectivity index (χ1v) is 13.7. The Kier molecular flexibility index (Phi) is 7.54. The Labute approximate surface area is 242 Å². The van der Waals surface area contributed by atoms with Crippen LogP contribution in [0.4, 0.5) is 17.6 Å². The number of aromatic carboxylic acids is 1. The highest BCUT2D eigenvalue weighted by atomic mass is 35.5. The molecular formula is C29H25ClF4N4O4. The van der Waals surface area contributed by atoms with Crippen LogP contribution in [0.1, 0.15) is 45.0 Å². The first-order chi connectivity index (χ1) is 20.0. The number of ether oxygens (including phenoxy) is 2. The molecule has 2 aromatic heterocycles. The van der Waals surface area contributed by atoms with Crippen molar-refractivity contribution in [3.8, 4) is 5.88 Å². The largest absolute Gasteiger partial charge is 0.478 e. The minimum atomic E-state index is -4.71. The Bertz CT molecular complexity index is 1670. The lowest BCUT2D eigenvalue weighted by molar-refractivity contribution is -0.139. The van der Waals surface area contributed by atoms with Gasteiger partial charge in [-0.25, -0.2) is 19.2 Å². The fraction of sp³-hybridized carbons (Fsp3) is 0.345. The summed E-state index contributed by atoms with van der Waals surface area (Å²) in [6.45, 7) is 1.84. The normalized spacial score (nSPS) is 17.2. The number of nitrogens with zero attached hydrogens (tertiary/aromatic N) is 4. The van der Waals surface area contributed by atoms with E-state index in [-0.39, 0.29) is 28.8 Å². The van der Waals surface area contributed by atoms with Gasteiger partial charge in [-0.15, -0.1) is 0 Å². The zero-order valence-corrected chi connectivity index (χ0v) is 22.9. The molecule has 13 heteroatoms. The van der Waals surface area contributed by atoms with E-state index in [1.54, 1.807) is 6.07 Å². The van der Waals surface area contributed by atoms with Crippen LogP contribution in [0, 0.1) is 5.82 Å². The smallest absolute Gasteiger partial charge is 0.421 e. The number of benzene rings is 2. The summed E-state index contributed by atoms with van der Waals surface area (Å²) in [4.78, 5) is 22.5. The lowest BCUT2D eigenvalue weighted by Gasteiger charge is -2.30. The molecule has 0 bridgehead atoms. The SMILES string of the molecule is O=C(O)c1ccc2c(c1)nc(CN1CCc3cc(C(F)(F)F)c(OCc4ccc(Cl)cc4F)nc3C1)n2C[C@@H]1CCO1. The zero-order chi connectivity index (χ0) is 29.6. The molecule has 42 heavy (non-hydrogen) atoms. The molecule has 1 atom stereocenters. The van der Waals surface area contributed by atoms with Gasteiger partial charge in [-0.05, 0) is 54.8 Å². The number of rotatable bonds is 8. The molecule has 1 fully saturated rings. The van der Waals surface area contributed by atoms with E-state index >= 15 is 0 Å². The van der Waals surface area contributed by atoms with Crippen LogP contribution in [-0.4, -0.2) is 49.8 Å². The monoisotopic (exact) mass is 604 g/mol. The van der Waals surface area contributed by atoms with Crippen molar-refractivity contribution in [3.63, 3.8) is 0 Å². The Morgan fingerprint density at radius 2 is 1.98 bits per heavy atom. The molecule has 6 rings (SSSR count). The second kappa shape index (κ2) is 11.2. The van der Waals surface area contributed by atoms with Crippen molar-refractivity contribution in [3.05, 3.63) is 87.1 Å². The summed E-state index contributed by atoms with van der Waals surface area (Å²) in [6.07, 6.45) is -3.46. The predicted molar refractivity (Wildman–Crippen MR) is 144 cm³/mol. The zero-order valence-electron chi connectivity index (χ0n) is 22.1. The summed E-state index contributed by atoms with van der Waals surface area (Å²) in [5.41, 5.74) is 1.38. The summed E-state index contributed by atoms with van der Waals surface area (Å²) < 4.78 is 69.1. The van der Waals surface area contributed by atoms with Crippen LogP contribution in [0.5, 0.6) is 5.88 Å². The molecule has 220 valence electrons. The van der Waals surface area contributed by atoms with E-state index in [1.807, 2.05) is 9.47 Å². The third-order valence-corrected chi connectivity index (χ3v) is 7.77. The number of imidazole rings is 1. The van der Waals surface area contributed by atoms with Gasteiger partial charge in [0.15, 0.2) is 0 Å². The van der Waals surface area contributed by atoms with E-state index in [1.165, 1.54) is 24.3 Å². The fourth-order valence-corrected chi connectivity index (χ4v) is 5.36. The van der Waals surface area contributed by atoms with Gasteiger partial charge < -0.3 is 19.1 Å². The molecule has 1 N–H and O–H groups in total. The van der Waals surface area contributed by atoms with E-state index in [0.29, 0.717) is 55.3 Å². The number of alkyl halides is 3. The highest BCUT2D eigenvalue weighted by Crippen LogP contribution is 2.38. The summed E-state index contributed by atoms with van der Waals surface area (Å²) in [5, 5.41) is 9.57. The highest BCUT2D eigenvalue weighted by Gasteiger charge is 2.37. The number of fused-ring (bicyclic) bond motifs is 2. The van der Waals surface area contributed by atoms with Crippen LogP contribution in [0.3, 0.4) is 0 Å². The van der Waals surface area contributed by atoms with Crippen molar-refractivity contribution in [2.75, 3.05) is 13.2 Å². The van der Waals surface area contributed by atoms with Crippen molar-refractivity contribution in [1.29, 1.82) is 0 Å². The molecule has 0 radical (unpaired) electrons. The number of pyridine rings is 1. The minimum absolute atomic E-state index is 0.0232. The molecule has 2 aliphatic rings. The van der Waals surface area contributed by atoms with Gasteiger partial charge in [0.1, 0.15) is 23.8 Å². The van der Waals surface area contributed by atoms with E-state index in [2.05, 4.69) is 4.98 Å². The highest BCUT2D eigenvalue weighted by molar-refractivity contribution is 6.30. The summed E-state index contributed by atoms with van der Waals surface area (Å²) in [6, 6.07) is 9.69. The maximum Gasteiger partial charge on any atom is 0.421 e. The third kappa shape index (κ3) is 5.79. The topological polar surface area (TPSA) is 89.7 Å². The van der Waals surface area contributed by atoms with Crippen LogP contribution >= 0.6 is 11.6 Å².